The van der Waals surface area contributed by atoms with Crippen molar-refractivity contribution in [1.29, 1.82) is 0 Å². The SMILES string of the molecule is O=[N+]([O-])c1ccc2nc(N(CCBr)C3CC3)[nH]c2c1. The fraction of sp³-hybridized carbons (Fsp3) is 0.417. The van der Waals surface area contributed by atoms with E-state index in [2.05, 4.69) is 30.8 Å². The van der Waals surface area contributed by atoms with Crippen LogP contribution in [-0.4, -0.2) is 32.8 Å². The molecule has 3 rings (SSSR count). The number of halogens is 1. The lowest BCUT2D eigenvalue weighted by Crippen LogP contribution is -2.28. The number of aromatic amines is 1. The van der Waals surface area contributed by atoms with E-state index in [1.807, 2.05) is 0 Å². The van der Waals surface area contributed by atoms with Gasteiger partial charge in [-0.15, -0.1) is 0 Å². The van der Waals surface area contributed by atoms with E-state index >= 15 is 0 Å². The van der Waals surface area contributed by atoms with Crippen LogP contribution in [0.15, 0.2) is 18.2 Å². The third-order valence-corrected chi connectivity index (χ3v) is 3.60. The number of nitrogens with zero attached hydrogens (tertiary/aromatic N) is 3. The lowest BCUT2D eigenvalue weighted by atomic mass is 10.3. The zero-order chi connectivity index (χ0) is 13.4. The first-order chi connectivity index (χ1) is 9.19. The Balaban J connectivity index is 1.97. The number of aromatic nitrogens is 2. The highest BCUT2D eigenvalue weighted by Crippen LogP contribution is 2.31. The number of benzene rings is 1. The molecule has 0 atom stereocenters. The molecular formula is C12H13BrN4O2. The van der Waals surface area contributed by atoms with Crippen LogP contribution >= 0.6 is 15.9 Å². The number of anilines is 1. The van der Waals surface area contributed by atoms with Gasteiger partial charge in [-0.2, -0.15) is 0 Å². The van der Waals surface area contributed by atoms with Crippen LogP contribution in [0, 0.1) is 10.1 Å². The number of nitrogens with one attached hydrogen (secondary N) is 1. The van der Waals surface area contributed by atoms with E-state index in [1.54, 1.807) is 6.07 Å². The van der Waals surface area contributed by atoms with E-state index in [4.69, 9.17) is 0 Å². The van der Waals surface area contributed by atoms with Crippen LogP contribution in [0.3, 0.4) is 0 Å². The minimum Gasteiger partial charge on any atom is -0.339 e. The Morgan fingerprint density at radius 3 is 2.95 bits per heavy atom. The number of hydrogen-bond donors (Lipinski definition) is 1. The fourth-order valence-corrected chi connectivity index (χ4v) is 2.55. The van der Waals surface area contributed by atoms with Gasteiger partial charge in [-0.05, 0) is 18.9 Å². The number of non-ortho nitro benzene ring substituents is 1. The Kier molecular flexibility index (Phi) is 3.14. The Labute approximate surface area is 118 Å². The number of rotatable bonds is 5. The summed E-state index contributed by atoms with van der Waals surface area (Å²) >= 11 is 3.45. The Morgan fingerprint density at radius 1 is 1.53 bits per heavy atom. The van der Waals surface area contributed by atoms with Crippen LogP contribution in [0.5, 0.6) is 0 Å². The molecule has 1 aliphatic carbocycles. The summed E-state index contributed by atoms with van der Waals surface area (Å²) in [5, 5.41) is 11.6. The zero-order valence-corrected chi connectivity index (χ0v) is 11.8. The molecular weight excluding hydrogens is 312 g/mol. The molecule has 0 aliphatic heterocycles. The van der Waals surface area contributed by atoms with E-state index < -0.39 is 4.92 Å². The summed E-state index contributed by atoms with van der Waals surface area (Å²) in [6.07, 6.45) is 2.37. The molecule has 0 spiro atoms. The largest absolute Gasteiger partial charge is 0.339 e. The molecule has 0 unspecified atom stereocenters. The van der Waals surface area contributed by atoms with Gasteiger partial charge >= 0.3 is 0 Å². The first kappa shape index (κ1) is 12.4. The Bertz CT molecular complexity index is 623. The van der Waals surface area contributed by atoms with Gasteiger partial charge in [0.15, 0.2) is 0 Å². The molecule has 1 N–H and O–H groups in total. The van der Waals surface area contributed by atoms with Gasteiger partial charge in [0.25, 0.3) is 5.69 Å². The second-order valence-electron chi connectivity index (χ2n) is 4.63. The quantitative estimate of drug-likeness (QED) is 0.521. The van der Waals surface area contributed by atoms with Crippen molar-refractivity contribution in [2.24, 2.45) is 0 Å². The number of nitro groups is 1. The van der Waals surface area contributed by atoms with Crippen LogP contribution in [0.2, 0.25) is 0 Å². The molecule has 7 heteroatoms. The predicted octanol–water partition coefficient (Wildman–Crippen LogP) is 2.83. The van der Waals surface area contributed by atoms with E-state index in [1.165, 1.54) is 25.0 Å². The fourth-order valence-electron chi connectivity index (χ4n) is 2.17. The van der Waals surface area contributed by atoms with E-state index in [-0.39, 0.29) is 5.69 Å². The second-order valence-corrected chi connectivity index (χ2v) is 5.43. The van der Waals surface area contributed by atoms with Crippen molar-refractivity contribution in [3.05, 3.63) is 28.3 Å². The molecule has 1 heterocycles. The average molecular weight is 325 g/mol. The van der Waals surface area contributed by atoms with Gasteiger partial charge in [-0.25, -0.2) is 4.98 Å². The molecule has 6 nitrogen and oxygen atoms in total. The standard InChI is InChI=1S/C12H13BrN4O2/c13-5-6-16(8-1-2-8)12-14-10-4-3-9(17(18)19)7-11(10)15-12/h3-4,7-8H,1-2,5-6H2,(H,14,15). The molecule has 1 aromatic heterocycles. The summed E-state index contributed by atoms with van der Waals surface area (Å²) in [7, 11) is 0. The minimum atomic E-state index is -0.392. The summed E-state index contributed by atoms with van der Waals surface area (Å²) in [5.41, 5.74) is 1.56. The Hall–Kier alpha value is -1.63. The highest BCUT2D eigenvalue weighted by molar-refractivity contribution is 9.09. The first-order valence-electron chi connectivity index (χ1n) is 6.16. The monoisotopic (exact) mass is 324 g/mol. The predicted molar refractivity (Wildman–Crippen MR) is 76.9 cm³/mol. The molecule has 0 saturated heterocycles. The van der Waals surface area contributed by atoms with Crippen LogP contribution in [0.1, 0.15) is 12.8 Å². The molecule has 19 heavy (non-hydrogen) atoms. The third kappa shape index (κ3) is 2.42. The van der Waals surface area contributed by atoms with E-state index in [9.17, 15) is 10.1 Å². The third-order valence-electron chi connectivity index (χ3n) is 3.25. The van der Waals surface area contributed by atoms with Gasteiger partial charge in [-0.1, -0.05) is 15.9 Å². The van der Waals surface area contributed by atoms with Crippen molar-refractivity contribution in [1.82, 2.24) is 9.97 Å². The molecule has 0 amide bonds. The summed E-state index contributed by atoms with van der Waals surface area (Å²) in [4.78, 5) is 20.3. The lowest BCUT2D eigenvalue weighted by Gasteiger charge is -2.19. The number of H-pyrrole nitrogens is 1. The molecule has 1 aromatic carbocycles. The first-order valence-corrected chi connectivity index (χ1v) is 7.28. The van der Waals surface area contributed by atoms with Gasteiger partial charge in [-0.3, -0.25) is 10.1 Å². The van der Waals surface area contributed by atoms with Crippen molar-refractivity contribution < 1.29 is 4.92 Å². The maximum atomic E-state index is 10.8. The number of alkyl halides is 1. The maximum absolute atomic E-state index is 10.8. The number of hydrogen-bond acceptors (Lipinski definition) is 4. The van der Waals surface area contributed by atoms with Gasteiger partial charge < -0.3 is 9.88 Å². The molecule has 0 bridgehead atoms. The average Bonchev–Trinajstić information content (AvgIpc) is 3.13. The highest BCUT2D eigenvalue weighted by Gasteiger charge is 2.30. The summed E-state index contributed by atoms with van der Waals surface area (Å²) in [6, 6.07) is 5.25. The van der Waals surface area contributed by atoms with Crippen LogP contribution in [-0.2, 0) is 0 Å². The van der Waals surface area contributed by atoms with Gasteiger partial charge in [0, 0.05) is 30.0 Å². The van der Waals surface area contributed by atoms with Crippen LogP contribution < -0.4 is 4.90 Å². The smallest absolute Gasteiger partial charge is 0.271 e. The van der Waals surface area contributed by atoms with Crippen molar-refractivity contribution in [3.63, 3.8) is 0 Å². The second kappa shape index (κ2) is 4.80. The Morgan fingerprint density at radius 2 is 2.32 bits per heavy atom. The molecule has 100 valence electrons. The molecule has 2 aromatic rings. The number of fused-ring (bicyclic) bond motifs is 1. The molecule has 0 radical (unpaired) electrons. The van der Waals surface area contributed by atoms with Crippen molar-refractivity contribution >= 4 is 38.6 Å². The van der Waals surface area contributed by atoms with E-state index in [0.717, 1.165) is 23.3 Å². The van der Waals surface area contributed by atoms with Crippen molar-refractivity contribution in [3.8, 4) is 0 Å². The summed E-state index contributed by atoms with van der Waals surface area (Å²) in [6.45, 7) is 0.882. The van der Waals surface area contributed by atoms with Crippen molar-refractivity contribution in [2.45, 2.75) is 18.9 Å². The normalized spacial score (nSPS) is 14.8. The van der Waals surface area contributed by atoms with Crippen LogP contribution in [0.4, 0.5) is 11.6 Å². The van der Waals surface area contributed by atoms with Gasteiger partial charge in [0.1, 0.15) is 0 Å². The van der Waals surface area contributed by atoms with Crippen LogP contribution in [0.25, 0.3) is 11.0 Å². The summed E-state index contributed by atoms with van der Waals surface area (Å²) < 4.78 is 0. The zero-order valence-electron chi connectivity index (χ0n) is 10.2. The maximum Gasteiger partial charge on any atom is 0.271 e. The number of imidazole rings is 1. The summed E-state index contributed by atoms with van der Waals surface area (Å²) in [5.74, 6) is 0.803. The van der Waals surface area contributed by atoms with Gasteiger partial charge in [0.05, 0.1) is 16.0 Å². The molecule has 1 fully saturated rings. The minimum absolute atomic E-state index is 0.0844. The molecule has 1 saturated carbocycles. The topological polar surface area (TPSA) is 75.1 Å². The van der Waals surface area contributed by atoms with Gasteiger partial charge in [0.2, 0.25) is 5.95 Å². The molecule has 1 aliphatic rings. The lowest BCUT2D eigenvalue weighted by molar-refractivity contribution is -0.384. The number of nitro benzene ring substituents is 1. The van der Waals surface area contributed by atoms with Crippen molar-refractivity contribution in [2.75, 3.05) is 16.8 Å². The van der Waals surface area contributed by atoms with E-state index in [0.29, 0.717) is 11.6 Å². The highest BCUT2D eigenvalue weighted by atomic mass is 79.9.